The van der Waals surface area contributed by atoms with E-state index in [1.807, 2.05) is 20.0 Å². The molecule has 0 radical (unpaired) electrons. The quantitative estimate of drug-likeness (QED) is 0.797. The van der Waals surface area contributed by atoms with Gasteiger partial charge >= 0.3 is 0 Å². The first-order valence-electron chi connectivity index (χ1n) is 6.30. The molecule has 4 heteroatoms. The van der Waals surface area contributed by atoms with Crippen LogP contribution in [0.2, 0.25) is 0 Å². The summed E-state index contributed by atoms with van der Waals surface area (Å²) >= 11 is 0. The number of aromatic nitrogens is 2. The molecule has 0 amide bonds. The van der Waals surface area contributed by atoms with E-state index < -0.39 is 0 Å². The van der Waals surface area contributed by atoms with E-state index in [2.05, 4.69) is 41.4 Å². The Hall–Kier alpha value is -1.32. The van der Waals surface area contributed by atoms with Crippen molar-refractivity contribution in [2.24, 2.45) is 5.41 Å². The molecule has 1 heterocycles. The van der Waals surface area contributed by atoms with Crippen molar-refractivity contribution in [2.45, 2.75) is 41.0 Å². The number of hydrogen-bond acceptors (Lipinski definition) is 4. The van der Waals surface area contributed by atoms with Crippen molar-refractivity contribution < 1.29 is 0 Å². The van der Waals surface area contributed by atoms with E-state index in [0.717, 1.165) is 30.9 Å². The van der Waals surface area contributed by atoms with Gasteiger partial charge in [-0.05, 0) is 25.7 Å². The maximum Gasteiger partial charge on any atom is 0.224 e. The Morgan fingerprint density at radius 1 is 1.24 bits per heavy atom. The van der Waals surface area contributed by atoms with Crippen LogP contribution in [-0.2, 0) is 0 Å². The van der Waals surface area contributed by atoms with E-state index in [-0.39, 0.29) is 5.41 Å². The zero-order valence-corrected chi connectivity index (χ0v) is 11.6. The highest BCUT2D eigenvalue weighted by atomic mass is 15.1. The normalized spacial score (nSPS) is 11.4. The van der Waals surface area contributed by atoms with Crippen LogP contribution in [0.4, 0.5) is 11.8 Å². The van der Waals surface area contributed by atoms with Crippen LogP contribution in [0.25, 0.3) is 0 Å². The molecular weight excluding hydrogens is 212 g/mol. The van der Waals surface area contributed by atoms with E-state index in [1.165, 1.54) is 0 Å². The molecule has 0 aromatic carbocycles. The Kier molecular flexibility index (Phi) is 4.73. The Balaban J connectivity index is 2.72. The minimum Gasteiger partial charge on any atom is -0.369 e. The molecule has 0 aliphatic heterocycles. The summed E-state index contributed by atoms with van der Waals surface area (Å²) in [6.07, 6.45) is 3.00. The van der Waals surface area contributed by atoms with Gasteiger partial charge in [0, 0.05) is 24.8 Å². The number of nitrogens with one attached hydrogen (secondary N) is 2. The Labute approximate surface area is 104 Å². The van der Waals surface area contributed by atoms with Gasteiger partial charge in [0.2, 0.25) is 5.95 Å². The fourth-order valence-electron chi connectivity index (χ4n) is 1.31. The summed E-state index contributed by atoms with van der Waals surface area (Å²) in [5.74, 6) is 1.62. The third kappa shape index (κ3) is 4.21. The third-order valence-electron chi connectivity index (χ3n) is 3.00. The SMILES string of the molecule is CCNc1ncc(C)c(NCC(C)(C)CC)n1. The van der Waals surface area contributed by atoms with Gasteiger partial charge in [0.05, 0.1) is 0 Å². The van der Waals surface area contributed by atoms with Crippen molar-refractivity contribution in [2.75, 3.05) is 23.7 Å². The molecule has 2 N–H and O–H groups in total. The van der Waals surface area contributed by atoms with Crippen LogP contribution in [-0.4, -0.2) is 23.1 Å². The van der Waals surface area contributed by atoms with Crippen LogP contribution in [0.3, 0.4) is 0 Å². The predicted octanol–water partition coefficient (Wildman–Crippen LogP) is 3.06. The monoisotopic (exact) mass is 236 g/mol. The highest BCUT2D eigenvalue weighted by Gasteiger charge is 2.15. The second-order valence-corrected chi connectivity index (χ2v) is 5.13. The van der Waals surface area contributed by atoms with Crippen LogP contribution >= 0.6 is 0 Å². The average Bonchev–Trinajstić information content (AvgIpc) is 2.30. The summed E-state index contributed by atoms with van der Waals surface area (Å²) in [6.45, 7) is 12.5. The van der Waals surface area contributed by atoms with Crippen molar-refractivity contribution in [1.29, 1.82) is 0 Å². The first-order valence-corrected chi connectivity index (χ1v) is 6.30. The number of hydrogen-bond donors (Lipinski definition) is 2. The lowest BCUT2D eigenvalue weighted by molar-refractivity contribution is 0.376. The predicted molar refractivity (Wildman–Crippen MR) is 73.5 cm³/mol. The molecule has 0 aliphatic rings. The van der Waals surface area contributed by atoms with Gasteiger partial charge < -0.3 is 10.6 Å². The molecule has 0 fully saturated rings. The molecule has 0 saturated carbocycles. The van der Waals surface area contributed by atoms with Gasteiger partial charge in [-0.25, -0.2) is 4.98 Å². The van der Waals surface area contributed by atoms with E-state index >= 15 is 0 Å². The van der Waals surface area contributed by atoms with Gasteiger partial charge in [0.1, 0.15) is 5.82 Å². The fourth-order valence-corrected chi connectivity index (χ4v) is 1.31. The van der Waals surface area contributed by atoms with E-state index in [9.17, 15) is 0 Å². The number of rotatable bonds is 6. The minimum absolute atomic E-state index is 0.287. The Bertz CT molecular complexity index is 360. The van der Waals surface area contributed by atoms with Gasteiger partial charge in [-0.1, -0.05) is 20.8 Å². The molecule has 1 rings (SSSR count). The Morgan fingerprint density at radius 3 is 2.53 bits per heavy atom. The molecule has 1 aromatic rings. The molecule has 0 saturated heterocycles. The highest BCUT2D eigenvalue weighted by Crippen LogP contribution is 2.21. The number of anilines is 2. The first-order chi connectivity index (χ1) is 7.98. The molecule has 0 atom stereocenters. The van der Waals surface area contributed by atoms with Crippen LogP contribution in [0.1, 0.15) is 39.7 Å². The maximum absolute atomic E-state index is 4.47. The second kappa shape index (κ2) is 5.84. The maximum atomic E-state index is 4.47. The second-order valence-electron chi connectivity index (χ2n) is 5.13. The van der Waals surface area contributed by atoms with Crippen LogP contribution in [0, 0.1) is 12.3 Å². The summed E-state index contributed by atoms with van der Waals surface area (Å²) in [5.41, 5.74) is 1.37. The number of nitrogens with zero attached hydrogens (tertiary/aromatic N) is 2. The lowest BCUT2D eigenvalue weighted by atomic mass is 9.90. The topological polar surface area (TPSA) is 49.8 Å². The zero-order valence-electron chi connectivity index (χ0n) is 11.6. The lowest BCUT2D eigenvalue weighted by Crippen LogP contribution is -2.23. The largest absolute Gasteiger partial charge is 0.369 e. The van der Waals surface area contributed by atoms with E-state index in [0.29, 0.717) is 5.95 Å². The zero-order chi connectivity index (χ0) is 12.9. The van der Waals surface area contributed by atoms with Gasteiger partial charge in [-0.15, -0.1) is 0 Å². The molecule has 17 heavy (non-hydrogen) atoms. The summed E-state index contributed by atoms with van der Waals surface area (Å²) in [7, 11) is 0. The molecule has 4 nitrogen and oxygen atoms in total. The van der Waals surface area contributed by atoms with Crippen molar-refractivity contribution in [3.05, 3.63) is 11.8 Å². The van der Waals surface area contributed by atoms with E-state index in [4.69, 9.17) is 0 Å². The minimum atomic E-state index is 0.287. The molecular formula is C13H24N4. The molecule has 0 bridgehead atoms. The van der Waals surface area contributed by atoms with Crippen molar-refractivity contribution >= 4 is 11.8 Å². The smallest absolute Gasteiger partial charge is 0.224 e. The summed E-state index contributed by atoms with van der Waals surface area (Å²) in [5, 5.41) is 6.54. The third-order valence-corrected chi connectivity index (χ3v) is 3.00. The van der Waals surface area contributed by atoms with Crippen molar-refractivity contribution in [3.63, 3.8) is 0 Å². The van der Waals surface area contributed by atoms with Crippen molar-refractivity contribution in [3.8, 4) is 0 Å². The average molecular weight is 236 g/mol. The number of aryl methyl sites for hydroxylation is 1. The van der Waals surface area contributed by atoms with Crippen molar-refractivity contribution in [1.82, 2.24) is 9.97 Å². The summed E-state index contributed by atoms with van der Waals surface area (Å²) < 4.78 is 0. The molecule has 1 aromatic heterocycles. The molecule has 0 spiro atoms. The molecule has 0 aliphatic carbocycles. The van der Waals surface area contributed by atoms with Crippen LogP contribution in [0.5, 0.6) is 0 Å². The van der Waals surface area contributed by atoms with E-state index in [1.54, 1.807) is 0 Å². The van der Waals surface area contributed by atoms with Crippen LogP contribution < -0.4 is 10.6 Å². The standard InChI is InChI=1S/C13H24N4/c1-6-13(4,5)9-16-11-10(3)8-15-12(17-11)14-7-2/h8H,6-7,9H2,1-5H3,(H2,14,15,16,17). The van der Waals surface area contributed by atoms with Gasteiger partial charge in [0.15, 0.2) is 0 Å². The highest BCUT2D eigenvalue weighted by molar-refractivity contribution is 5.46. The lowest BCUT2D eigenvalue weighted by Gasteiger charge is -2.23. The summed E-state index contributed by atoms with van der Waals surface area (Å²) in [6, 6.07) is 0. The van der Waals surface area contributed by atoms with Gasteiger partial charge in [0.25, 0.3) is 0 Å². The first kappa shape index (κ1) is 13.7. The molecule has 96 valence electrons. The van der Waals surface area contributed by atoms with Crippen LogP contribution in [0.15, 0.2) is 6.20 Å². The summed E-state index contributed by atoms with van der Waals surface area (Å²) in [4.78, 5) is 8.70. The fraction of sp³-hybridized carbons (Fsp3) is 0.692. The molecule has 0 unspecified atom stereocenters. The Morgan fingerprint density at radius 2 is 1.94 bits per heavy atom. The van der Waals surface area contributed by atoms with Gasteiger partial charge in [-0.2, -0.15) is 4.98 Å². The van der Waals surface area contributed by atoms with Gasteiger partial charge in [-0.3, -0.25) is 0 Å².